The van der Waals surface area contributed by atoms with Gasteiger partial charge in [-0.3, -0.25) is 4.79 Å². The molecule has 20 heavy (non-hydrogen) atoms. The molecule has 1 aliphatic rings. The zero-order valence-corrected chi connectivity index (χ0v) is 12.5. The van der Waals surface area contributed by atoms with Gasteiger partial charge in [-0.15, -0.1) is 0 Å². The molecule has 0 radical (unpaired) electrons. The molecule has 0 spiro atoms. The second-order valence-corrected chi connectivity index (χ2v) is 5.67. The van der Waals surface area contributed by atoms with Crippen LogP contribution in [0.15, 0.2) is 30.3 Å². The van der Waals surface area contributed by atoms with E-state index in [0.29, 0.717) is 0 Å². The van der Waals surface area contributed by atoms with Gasteiger partial charge in [0.1, 0.15) is 0 Å². The van der Waals surface area contributed by atoms with Crippen molar-refractivity contribution in [1.29, 1.82) is 0 Å². The molecule has 0 heterocycles. The highest BCUT2D eigenvalue weighted by Gasteiger charge is 2.31. The maximum atomic E-state index is 12.0. The van der Waals surface area contributed by atoms with Crippen molar-refractivity contribution in [2.75, 3.05) is 7.11 Å². The average Bonchev–Trinajstić information content (AvgIpc) is 2.73. The lowest BCUT2D eigenvalue weighted by Gasteiger charge is -2.28. The minimum absolute atomic E-state index is 0.00587. The number of methoxy groups -OCH3 is 1. The molecule has 0 amide bonds. The molecule has 1 aliphatic carbocycles. The summed E-state index contributed by atoms with van der Waals surface area (Å²) in [5.41, 5.74) is 1.26. The van der Waals surface area contributed by atoms with Crippen molar-refractivity contribution < 1.29 is 9.53 Å². The lowest BCUT2D eigenvalue weighted by atomic mass is 9.93. The summed E-state index contributed by atoms with van der Waals surface area (Å²) in [5, 5.41) is 3.64. The lowest BCUT2D eigenvalue weighted by molar-refractivity contribution is -0.146. The Morgan fingerprint density at radius 1 is 1.20 bits per heavy atom. The van der Waals surface area contributed by atoms with E-state index < -0.39 is 0 Å². The third-order valence-electron chi connectivity index (χ3n) is 4.28. The summed E-state index contributed by atoms with van der Waals surface area (Å²) >= 11 is 0. The second kappa shape index (κ2) is 7.44. The van der Waals surface area contributed by atoms with Crippen LogP contribution in [0.5, 0.6) is 0 Å². The summed E-state index contributed by atoms with van der Waals surface area (Å²) in [5.74, 6) is -0.0710. The molecule has 1 aromatic rings. The van der Waals surface area contributed by atoms with Crippen molar-refractivity contribution in [1.82, 2.24) is 5.32 Å². The molecule has 0 bridgehead atoms. The zero-order chi connectivity index (χ0) is 14.4. The van der Waals surface area contributed by atoms with Crippen LogP contribution in [0.1, 0.15) is 50.6 Å². The number of esters is 1. The Morgan fingerprint density at radius 2 is 1.90 bits per heavy atom. The van der Waals surface area contributed by atoms with Crippen LogP contribution in [0, 0.1) is 5.92 Å². The molecule has 1 saturated carbocycles. The minimum Gasteiger partial charge on any atom is -0.469 e. The number of carbonyl (C=O) groups is 1. The fraction of sp³-hybridized carbons (Fsp3) is 0.588. The van der Waals surface area contributed by atoms with Crippen molar-refractivity contribution in [3.05, 3.63) is 35.9 Å². The summed E-state index contributed by atoms with van der Waals surface area (Å²) in [7, 11) is 1.49. The van der Waals surface area contributed by atoms with Gasteiger partial charge < -0.3 is 10.1 Å². The van der Waals surface area contributed by atoms with Crippen LogP contribution in [0.4, 0.5) is 0 Å². The molecule has 3 atom stereocenters. The molecule has 1 fully saturated rings. The Morgan fingerprint density at radius 3 is 2.60 bits per heavy atom. The quantitative estimate of drug-likeness (QED) is 0.675. The first-order valence-corrected chi connectivity index (χ1v) is 7.61. The molecule has 0 aliphatic heterocycles. The number of nitrogens with one attached hydrogen (secondary N) is 1. The average molecular weight is 275 g/mol. The topological polar surface area (TPSA) is 38.3 Å². The molecule has 0 aromatic heterocycles. The van der Waals surface area contributed by atoms with Crippen LogP contribution in [0.3, 0.4) is 0 Å². The van der Waals surface area contributed by atoms with Gasteiger partial charge >= 0.3 is 5.97 Å². The summed E-state index contributed by atoms with van der Waals surface area (Å²) in [6.45, 7) is 2.16. The molecule has 1 N–H and O–H groups in total. The predicted octanol–water partition coefficient (Wildman–Crippen LogP) is 3.46. The normalized spacial score (nSPS) is 24.7. The highest BCUT2D eigenvalue weighted by Crippen LogP contribution is 2.26. The lowest BCUT2D eigenvalue weighted by Crippen LogP contribution is -2.41. The van der Waals surface area contributed by atoms with Gasteiger partial charge in [-0.25, -0.2) is 0 Å². The third-order valence-corrected chi connectivity index (χ3v) is 4.28. The first-order valence-electron chi connectivity index (χ1n) is 7.61. The molecule has 110 valence electrons. The van der Waals surface area contributed by atoms with Crippen LogP contribution in [-0.4, -0.2) is 19.1 Å². The van der Waals surface area contributed by atoms with E-state index in [0.717, 1.165) is 19.3 Å². The predicted molar refractivity (Wildman–Crippen MR) is 80.4 cm³/mol. The number of hydrogen-bond acceptors (Lipinski definition) is 3. The van der Waals surface area contributed by atoms with Crippen molar-refractivity contribution >= 4 is 5.97 Å². The van der Waals surface area contributed by atoms with Crippen molar-refractivity contribution in [3.8, 4) is 0 Å². The van der Waals surface area contributed by atoms with E-state index in [2.05, 4.69) is 36.5 Å². The summed E-state index contributed by atoms with van der Waals surface area (Å²) in [6, 6.07) is 10.9. The molecule has 0 unspecified atom stereocenters. The van der Waals surface area contributed by atoms with E-state index >= 15 is 0 Å². The van der Waals surface area contributed by atoms with E-state index in [1.165, 1.54) is 25.5 Å². The summed E-state index contributed by atoms with van der Waals surface area (Å²) < 4.78 is 4.98. The van der Waals surface area contributed by atoms with Crippen LogP contribution in [0.25, 0.3) is 0 Å². The van der Waals surface area contributed by atoms with Crippen LogP contribution in [0.2, 0.25) is 0 Å². The SMILES string of the molecule is COC(=O)[C@H]1CCCCC[C@H]1N[C@@H](C)c1ccccc1. The van der Waals surface area contributed by atoms with Gasteiger partial charge in [0.15, 0.2) is 0 Å². The van der Waals surface area contributed by atoms with Gasteiger partial charge in [-0.1, -0.05) is 49.6 Å². The molecular weight excluding hydrogens is 250 g/mol. The van der Waals surface area contributed by atoms with E-state index in [9.17, 15) is 4.79 Å². The van der Waals surface area contributed by atoms with Gasteiger partial charge in [0, 0.05) is 12.1 Å². The smallest absolute Gasteiger partial charge is 0.310 e. The Balaban J connectivity index is 2.05. The summed E-state index contributed by atoms with van der Waals surface area (Å²) in [4.78, 5) is 12.0. The highest BCUT2D eigenvalue weighted by molar-refractivity contribution is 5.73. The Kier molecular flexibility index (Phi) is 5.60. The highest BCUT2D eigenvalue weighted by atomic mass is 16.5. The zero-order valence-electron chi connectivity index (χ0n) is 12.5. The van der Waals surface area contributed by atoms with Gasteiger partial charge in [0.25, 0.3) is 0 Å². The van der Waals surface area contributed by atoms with Crippen LogP contribution >= 0.6 is 0 Å². The third kappa shape index (κ3) is 3.83. The van der Waals surface area contributed by atoms with Crippen molar-refractivity contribution in [2.45, 2.75) is 51.1 Å². The van der Waals surface area contributed by atoms with Crippen molar-refractivity contribution in [3.63, 3.8) is 0 Å². The van der Waals surface area contributed by atoms with Gasteiger partial charge in [0.05, 0.1) is 13.0 Å². The van der Waals surface area contributed by atoms with E-state index in [-0.39, 0.29) is 24.0 Å². The standard InChI is InChI=1S/C17H25NO2/c1-13(14-9-5-3-6-10-14)18-16-12-8-4-7-11-15(16)17(19)20-2/h3,5-6,9-10,13,15-16,18H,4,7-8,11-12H2,1-2H3/t13-,15-,16+/m0/s1. The number of hydrogen-bond donors (Lipinski definition) is 1. The first kappa shape index (κ1) is 15.0. The minimum atomic E-state index is -0.0651. The van der Waals surface area contributed by atoms with E-state index in [4.69, 9.17) is 4.74 Å². The Labute approximate surface area is 121 Å². The maximum Gasteiger partial charge on any atom is 0.310 e. The molecule has 0 saturated heterocycles. The van der Waals surface area contributed by atoms with Crippen LogP contribution in [-0.2, 0) is 9.53 Å². The number of carbonyl (C=O) groups excluding carboxylic acids is 1. The Bertz CT molecular complexity index is 418. The van der Waals surface area contributed by atoms with Gasteiger partial charge in [-0.05, 0) is 25.3 Å². The second-order valence-electron chi connectivity index (χ2n) is 5.67. The Hall–Kier alpha value is -1.35. The molecular formula is C17H25NO2. The van der Waals surface area contributed by atoms with E-state index in [1.54, 1.807) is 0 Å². The number of ether oxygens (including phenoxy) is 1. The first-order chi connectivity index (χ1) is 9.72. The fourth-order valence-electron chi connectivity index (χ4n) is 3.10. The van der Waals surface area contributed by atoms with E-state index in [1.807, 2.05) is 6.07 Å². The van der Waals surface area contributed by atoms with Crippen LogP contribution < -0.4 is 5.32 Å². The fourth-order valence-corrected chi connectivity index (χ4v) is 3.10. The molecule has 1 aromatic carbocycles. The monoisotopic (exact) mass is 275 g/mol. The largest absolute Gasteiger partial charge is 0.469 e. The molecule has 3 heteroatoms. The molecule has 2 rings (SSSR count). The maximum absolute atomic E-state index is 12.0. The van der Waals surface area contributed by atoms with Crippen molar-refractivity contribution in [2.24, 2.45) is 5.92 Å². The number of benzene rings is 1. The van der Waals surface area contributed by atoms with Gasteiger partial charge in [-0.2, -0.15) is 0 Å². The van der Waals surface area contributed by atoms with Gasteiger partial charge in [0.2, 0.25) is 0 Å². The number of rotatable bonds is 4. The molecule has 3 nitrogen and oxygen atoms in total. The summed E-state index contributed by atoms with van der Waals surface area (Å²) in [6.07, 6.45) is 5.51.